The number of hydrogen-bond donors (Lipinski definition) is 1. The molecule has 2 aliphatic rings. The van der Waals surface area contributed by atoms with E-state index in [0.29, 0.717) is 30.4 Å². The lowest BCUT2D eigenvalue weighted by molar-refractivity contribution is -0.124. The largest absolute Gasteiger partial charge is 0.481 e. The molecule has 1 saturated heterocycles. The second-order valence-corrected chi connectivity index (χ2v) is 6.93. The fourth-order valence-corrected chi connectivity index (χ4v) is 3.40. The van der Waals surface area contributed by atoms with E-state index in [1.54, 1.807) is 24.4 Å². The van der Waals surface area contributed by atoms with Crippen molar-refractivity contribution in [3.05, 3.63) is 52.8 Å². The summed E-state index contributed by atoms with van der Waals surface area (Å²) in [7, 11) is 1.53. The van der Waals surface area contributed by atoms with Gasteiger partial charge in [-0.1, -0.05) is 11.2 Å². The van der Waals surface area contributed by atoms with Gasteiger partial charge >= 0.3 is 6.03 Å². The molecule has 2 aliphatic heterocycles. The van der Waals surface area contributed by atoms with E-state index in [1.165, 1.54) is 16.9 Å². The van der Waals surface area contributed by atoms with E-state index in [9.17, 15) is 9.59 Å². The zero-order valence-electron chi connectivity index (χ0n) is 16.5. The lowest BCUT2D eigenvalue weighted by atomic mass is 10.2. The van der Waals surface area contributed by atoms with Gasteiger partial charge in [0.15, 0.2) is 0 Å². The Hall–Kier alpha value is -3.40. The Morgan fingerprint density at radius 2 is 2.07 bits per heavy atom. The zero-order valence-corrected chi connectivity index (χ0v) is 16.5. The van der Waals surface area contributed by atoms with Crippen molar-refractivity contribution < 1.29 is 18.8 Å². The number of rotatable bonds is 6. The van der Waals surface area contributed by atoms with Crippen molar-refractivity contribution in [1.82, 2.24) is 30.4 Å². The van der Waals surface area contributed by atoms with Crippen molar-refractivity contribution in [2.45, 2.75) is 26.9 Å². The summed E-state index contributed by atoms with van der Waals surface area (Å²) in [5, 5.41) is 5.78. The van der Waals surface area contributed by atoms with E-state index < -0.39 is 0 Å². The Labute approximate surface area is 167 Å². The van der Waals surface area contributed by atoms with Crippen LogP contribution in [0.2, 0.25) is 0 Å². The van der Waals surface area contributed by atoms with Crippen LogP contribution in [0.1, 0.15) is 22.7 Å². The maximum absolute atomic E-state index is 12.9. The van der Waals surface area contributed by atoms with Gasteiger partial charge in [0.2, 0.25) is 5.88 Å². The van der Waals surface area contributed by atoms with E-state index in [1.807, 2.05) is 18.9 Å². The lowest BCUT2D eigenvalue weighted by Crippen LogP contribution is -2.34. The number of aromatic nitrogens is 2. The Morgan fingerprint density at radius 1 is 1.24 bits per heavy atom. The molecule has 0 saturated carbocycles. The number of carbonyl (C=O) groups excluding carboxylic acids is 2. The van der Waals surface area contributed by atoms with Gasteiger partial charge in [0.05, 0.1) is 43.8 Å². The first-order chi connectivity index (χ1) is 14.0. The second kappa shape index (κ2) is 7.55. The average molecular weight is 398 g/mol. The number of hydrogen-bond acceptors (Lipinski definition) is 8. The summed E-state index contributed by atoms with van der Waals surface area (Å²) in [6.07, 6.45) is 1.77. The Morgan fingerprint density at radius 3 is 2.79 bits per heavy atom. The number of nitrogens with zero attached hydrogens (tertiary/aromatic N) is 5. The third-order valence-electron chi connectivity index (χ3n) is 4.95. The van der Waals surface area contributed by atoms with Gasteiger partial charge in [-0.15, -0.1) is 0 Å². The monoisotopic (exact) mass is 398 g/mol. The van der Waals surface area contributed by atoms with E-state index in [0.717, 1.165) is 17.0 Å². The van der Waals surface area contributed by atoms with E-state index in [4.69, 9.17) is 9.26 Å². The van der Waals surface area contributed by atoms with Crippen molar-refractivity contribution >= 4 is 11.9 Å². The van der Waals surface area contributed by atoms with Gasteiger partial charge in [0.1, 0.15) is 12.3 Å². The van der Waals surface area contributed by atoms with Crippen LogP contribution in [0.5, 0.6) is 5.88 Å². The van der Waals surface area contributed by atoms with Crippen LogP contribution in [0, 0.1) is 13.8 Å². The summed E-state index contributed by atoms with van der Waals surface area (Å²) in [5.74, 6) is 0.955. The van der Waals surface area contributed by atoms with Crippen LogP contribution in [0.25, 0.3) is 0 Å². The number of urea groups is 1. The summed E-state index contributed by atoms with van der Waals surface area (Å²) in [6, 6.07) is 4.98. The first-order valence-electron chi connectivity index (χ1n) is 9.20. The fourth-order valence-electron chi connectivity index (χ4n) is 3.40. The predicted octanol–water partition coefficient (Wildman–Crippen LogP) is 1.32. The van der Waals surface area contributed by atoms with E-state index in [-0.39, 0.29) is 25.0 Å². The number of amides is 3. The number of pyridine rings is 1. The van der Waals surface area contributed by atoms with Gasteiger partial charge < -0.3 is 19.2 Å². The maximum Gasteiger partial charge on any atom is 0.332 e. The normalized spacial score (nSPS) is 16.8. The molecule has 10 heteroatoms. The summed E-state index contributed by atoms with van der Waals surface area (Å²) < 4.78 is 10.3. The van der Waals surface area contributed by atoms with E-state index in [2.05, 4.69) is 15.6 Å². The molecule has 152 valence electrons. The third kappa shape index (κ3) is 3.66. The number of aryl methyl sites for hydroxylation is 2. The van der Waals surface area contributed by atoms with Crippen LogP contribution >= 0.6 is 0 Å². The van der Waals surface area contributed by atoms with Crippen molar-refractivity contribution in [2.75, 3.05) is 20.2 Å². The van der Waals surface area contributed by atoms with Gasteiger partial charge in [-0.05, 0) is 19.9 Å². The average Bonchev–Trinajstić information content (AvgIpc) is 3.37. The highest BCUT2D eigenvalue weighted by Crippen LogP contribution is 2.23. The molecule has 1 fully saturated rings. The minimum Gasteiger partial charge on any atom is -0.481 e. The van der Waals surface area contributed by atoms with Crippen molar-refractivity contribution in [1.29, 1.82) is 0 Å². The second-order valence-electron chi connectivity index (χ2n) is 6.93. The number of methoxy groups -OCH3 is 1. The summed E-state index contributed by atoms with van der Waals surface area (Å²) >= 11 is 0. The molecular weight excluding hydrogens is 376 g/mol. The number of nitrogens with one attached hydrogen (secondary N) is 1. The number of hydrazine groups is 1. The van der Waals surface area contributed by atoms with Crippen LogP contribution in [0.4, 0.5) is 4.79 Å². The molecule has 0 radical (unpaired) electrons. The van der Waals surface area contributed by atoms with E-state index >= 15 is 0 Å². The van der Waals surface area contributed by atoms with Gasteiger partial charge in [-0.25, -0.2) is 20.1 Å². The molecule has 0 unspecified atom stereocenters. The SMILES string of the molecule is COc1cccc(CN2CC(=O)N(C3=CN(Cc4c(C)noc4C)NC3)C2=O)n1. The zero-order chi connectivity index (χ0) is 20.5. The Bertz CT molecular complexity index is 965. The molecule has 0 spiro atoms. The molecule has 0 aromatic carbocycles. The van der Waals surface area contributed by atoms with Crippen LogP contribution in [-0.2, 0) is 17.9 Å². The minimum atomic E-state index is -0.355. The summed E-state index contributed by atoms with van der Waals surface area (Å²) in [4.78, 5) is 32.4. The molecular formula is C19H22N6O4. The predicted molar refractivity (Wildman–Crippen MR) is 101 cm³/mol. The summed E-state index contributed by atoms with van der Waals surface area (Å²) in [6.45, 7) is 4.89. The van der Waals surface area contributed by atoms with Crippen LogP contribution in [0.15, 0.2) is 34.6 Å². The fraction of sp³-hybridized carbons (Fsp3) is 0.368. The molecule has 3 amide bonds. The third-order valence-corrected chi connectivity index (χ3v) is 4.95. The van der Waals surface area contributed by atoms with Crippen molar-refractivity contribution in [3.63, 3.8) is 0 Å². The van der Waals surface area contributed by atoms with Gasteiger partial charge in [-0.3, -0.25) is 4.79 Å². The first-order valence-corrected chi connectivity index (χ1v) is 9.20. The molecule has 0 bridgehead atoms. The maximum atomic E-state index is 12.9. The Kier molecular flexibility index (Phi) is 4.93. The lowest BCUT2D eigenvalue weighted by Gasteiger charge is -2.17. The van der Waals surface area contributed by atoms with Crippen LogP contribution in [0.3, 0.4) is 0 Å². The van der Waals surface area contributed by atoms with Crippen molar-refractivity contribution in [2.24, 2.45) is 0 Å². The van der Waals surface area contributed by atoms with Crippen LogP contribution < -0.4 is 10.2 Å². The smallest absolute Gasteiger partial charge is 0.332 e. The quantitative estimate of drug-likeness (QED) is 0.727. The van der Waals surface area contributed by atoms with Crippen molar-refractivity contribution in [3.8, 4) is 5.88 Å². The van der Waals surface area contributed by atoms with Gasteiger partial charge in [0.25, 0.3) is 5.91 Å². The highest BCUT2D eigenvalue weighted by Gasteiger charge is 2.39. The standard InChI is InChI=1S/C19H22N6O4/c1-12-16(13(2)29-22-12)10-24-9-15(7-20-24)25-18(26)11-23(19(25)27)8-14-5-4-6-17(21-14)28-3/h4-6,9,20H,7-8,10-11H2,1-3H3. The highest BCUT2D eigenvalue weighted by molar-refractivity contribution is 6.03. The highest BCUT2D eigenvalue weighted by atomic mass is 16.5. The minimum absolute atomic E-state index is 0.0128. The molecule has 2 aromatic heterocycles. The Balaban J connectivity index is 1.46. The molecule has 29 heavy (non-hydrogen) atoms. The molecule has 2 aromatic rings. The number of carbonyl (C=O) groups is 2. The topological polar surface area (TPSA) is 104 Å². The molecule has 0 atom stereocenters. The first kappa shape index (κ1) is 18.9. The molecule has 1 N–H and O–H groups in total. The molecule has 4 rings (SSSR count). The number of imide groups is 1. The molecule has 4 heterocycles. The van der Waals surface area contributed by atoms with Crippen LogP contribution in [-0.4, -0.2) is 57.1 Å². The molecule has 0 aliphatic carbocycles. The molecule has 10 nitrogen and oxygen atoms in total. The van der Waals surface area contributed by atoms with Gasteiger partial charge in [-0.2, -0.15) is 0 Å². The number of ether oxygens (including phenoxy) is 1. The van der Waals surface area contributed by atoms with Gasteiger partial charge in [0, 0.05) is 17.8 Å². The summed E-state index contributed by atoms with van der Waals surface area (Å²) in [5.41, 5.74) is 6.23.